The second-order valence-electron chi connectivity index (χ2n) is 5.28. The topological polar surface area (TPSA) is 52.7 Å². The molecule has 4 nitrogen and oxygen atoms in total. The van der Waals surface area contributed by atoms with Gasteiger partial charge in [0.25, 0.3) is 0 Å². The van der Waals surface area contributed by atoms with E-state index in [1.807, 2.05) is 4.90 Å². The SMILES string of the molecule is NC(CO)CN1CCN(c2cccc(C(F)(F)F)c2)CC1. The summed E-state index contributed by atoms with van der Waals surface area (Å²) in [7, 11) is 0. The molecule has 1 heterocycles. The first-order chi connectivity index (χ1) is 9.90. The monoisotopic (exact) mass is 303 g/mol. The highest BCUT2D eigenvalue weighted by molar-refractivity contribution is 5.49. The van der Waals surface area contributed by atoms with Gasteiger partial charge in [0.1, 0.15) is 0 Å². The Morgan fingerprint density at radius 2 is 1.86 bits per heavy atom. The normalized spacial score (nSPS) is 18.8. The maximum atomic E-state index is 12.7. The molecule has 7 heteroatoms. The minimum absolute atomic E-state index is 0.0617. The number of hydrogen-bond donors (Lipinski definition) is 2. The van der Waals surface area contributed by atoms with Crippen LogP contribution in [0.25, 0.3) is 0 Å². The van der Waals surface area contributed by atoms with Crippen molar-refractivity contribution < 1.29 is 18.3 Å². The second kappa shape index (κ2) is 6.64. The van der Waals surface area contributed by atoms with Crippen LogP contribution in [0, 0.1) is 0 Å². The lowest BCUT2D eigenvalue weighted by Crippen LogP contribution is -2.50. The summed E-state index contributed by atoms with van der Waals surface area (Å²) in [5.41, 5.74) is 5.66. The fourth-order valence-electron chi connectivity index (χ4n) is 2.46. The Morgan fingerprint density at radius 3 is 2.43 bits per heavy atom. The summed E-state index contributed by atoms with van der Waals surface area (Å²) in [5.74, 6) is 0. The molecule has 1 saturated heterocycles. The predicted octanol–water partition coefficient (Wildman–Crippen LogP) is 1.15. The van der Waals surface area contributed by atoms with Gasteiger partial charge in [0.15, 0.2) is 0 Å². The van der Waals surface area contributed by atoms with Crippen LogP contribution in [0.15, 0.2) is 24.3 Å². The number of benzene rings is 1. The lowest BCUT2D eigenvalue weighted by molar-refractivity contribution is -0.137. The number of aliphatic hydroxyl groups is 1. The second-order valence-corrected chi connectivity index (χ2v) is 5.28. The Bertz CT molecular complexity index is 459. The van der Waals surface area contributed by atoms with E-state index >= 15 is 0 Å². The van der Waals surface area contributed by atoms with E-state index in [-0.39, 0.29) is 12.6 Å². The van der Waals surface area contributed by atoms with E-state index in [1.54, 1.807) is 6.07 Å². The minimum Gasteiger partial charge on any atom is -0.395 e. The first-order valence-electron chi connectivity index (χ1n) is 6.91. The third kappa shape index (κ3) is 4.33. The quantitative estimate of drug-likeness (QED) is 0.876. The number of anilines is 1. The summed E-state index contributed by atoms with van der Waals surface area (Å²) in [6.07, 6.45) is -4.31. The van der Waals surface area contributed by atoms with Gasteiger partial charge in [-0.3, -0.25) is 4.90 Å². The number of rotatable bonds is 4. The Labute approximate surface area is 121 Å². The van der Waals surface area contributed by atoms with Gasteiger partial charge < -0.3 is 15.7 Å². The van der Waals surface area contributed by atoms with Gasteiger partial charge >= 0.3 is 6.18 Å². The highest BCUT2D eigenvalue weighted by atomic mass is 19.4. The number of piperazine rings is 1. The number of hydrogen-bond acceptors (Lipinski definition) is 4. The number of alkyl halides is 3. The van der Waals surface area contributed by atoms with Gasteiger partial charge in [-0.25, -0.2) is 0 Å². The fraction of sp³-hybridized carbons (Fsp3) is 0.571. The zero-order valence-corrected chi connectivity index (χ0v) is 11.7. The first kappa shape index (κ1) is 16.1. The van der Waals surface area contributed by atoms with Crippen LogP contribution in [-0.2, 0) is 6.18 Å². The molecule has 0 bridgehead atoms. The maximum Gasteiger partial charge on any atom is 0.416 e. The molecule has 2 rings (SSSR count). The van der Waals surface area contributed by atoms with Crippen LogP contribution >= 0.6 is 0 Å². The van der Waals surface area contributed by atoms with Crippen LogP contribution in [0.1, 0.15) is 5.56 Å². The molecular weight excluding hydrogens is 283 g/mol. The molecule has 0 saturated carbocycles. The van der Waals surface area contributed by atoms with E-state index in [1.165, 1.54) is 12.1 Å². The maximum absolute atomic E-state index is 12.7. The molecular formula is C14H20F3N3O. The van der Waals surface area contributed by atoms with Crippen molar-refractivity contribution in [2.45, 2.75) is 12.2 Å². The third-order valence-electron chi connectivity index (χ3n) is 3.64. The van der Waals surface area contributed by atoms with Crippen molar-refractivity contribution in [1.82, 2.24) is 4.90 Å². The van der Waals surface area contributed by atoms with Crippen LogP contribution in [0.5, 0.6) is 0 Å². The van der Waals surface area contributed by atoms with Crippen molar-refractivity contribution in [3.8, 4) is 0 Å². The molecule has 3 N–H and O–H groups in total. The van der Waals surface area contributed by atoms with E-state index in [4.69, 9.17) is 10.8 Å². The number of nitrogens with two attached hydrogens (primary N) is 1. The summed E-state index contributed by atoms with van der Waals surface area (Å²) in [6, 6.07) is 5.14. The zero-order valence-electron chi connectivity index (χ0n) is 11.7. The molecule has 0 amide bonds. The van der Waals surface area contributed by atoms with Crippen molar-refractivity contribution in [3.63, 3.8) is 0 Å². The van der Waals surface area contributed by atoms with Crippen molar-refractivity contribution in [3.05, 3.63) is 29.8 Å². The van der Waals surface area contributed by atoms with Gasteiger partial charge in [0, 0.05) is 44.5 Å². The van der Waals surface area contributed by atoms with Crippen LogP contribution in [-0.4, -0.2) is 55.4 Å². The summed E-state index contributed by atoms with van der Waals surface area (Å²) in [6.45, 7) is 3.30. The smallest absolute Gasteiger partial charge is 0.395 e. The average molecular weight is 303 g/mol. The molecule has 0 aromatic heterocycles. The summed E-state index contributed by atoms with van der Waals surface area (Å²) >= 11 is 0. The van der Waals surface area contributed by atoms with Gasteiger partial charge in [0.2, 0.25) is 0 Å². The summed E-state index contributed by atoms with van der Waals surface area (Å²) in [4.78, 5) is 4.06. The molecule has 1 aromatic carbocycles. The molecule has 1 fully saturated rings. The van der Waals surface area contributed by atoms with E-state index in [9.17, 15) is 13.2 Å². The molecule has 0 radical (unpaired) electrons. The third-order valence-corrected chi connectivity index (χ3v) is 3.64. The van der Waals surface area contributed by atoms with Crippen molar-refractivity contribution >= 4 is 5.69 Å². The van der Waals surface area contributed by atoms with E-state index < -0.39 is 11.7 Å². The van der Waals surface area contributed by atoms with Crippen molar-refractivity contribution in [2.75, 3.05) is 44.2 Å². The minimum atomic E-state index is -4.31. The first-order valence-corrected chi connectivity index (χ1v) is 6.91. The molecule has 1 aliphatic rings. The molecule has 0 spiro atoms. The van der Waals surface area contributed by atoms with Crippen LogP contribution in [0.3, 0.4) is 0 Å². The van der Waals surface area contributed by atoms with E-state index in [0.29, 0.717) is 25.3 Å². The molecule has 1 aliphatic heterocycles. The average Bonchev–Trinajstić information content (AvgIpc) is 2.47. The molecule has 1 aromatic rings. The molecule has 118 valence electrons. The van der Waals surface area contributed by atoms with E-state index in [0.717, 1.165) is 19.2 Å². The highest BCUT2D eigenvalue weighted by Gasteiger charge is 2.31. The zero-order chi connectivity index (χ0) is 15.5. The van der Waals surface area contributed by atoms with Crippen LogP contribution in [0.4, 0.5) is 18.9 Å². The Kier molecular flexibility index (Phi) is 5.08. The highest BCUT2D eigenvalue weighted by Crippen LogP contribution is 2.31. The predicted molar refractivity (Wildman–Crippen MR) is 75.2 cm³/mol. The standard InChI is InChI=1S/C14H20F3N3O/c15-14(16,17)11-2-1-3-13(8-11)20-6-4-19(5-7-20)9-12(18)10-21/h1-3,8,12,21H,4-7,9-10,18H2. The van der Waals surface area contributed by atoms with Crippen molar-refractivity contribution in [1.29, 1.82) is 0 Å². The summed E-state index contributed by atoms with van der Waals surface area (Å²) in [5, 5.41) is 8.93. The lowest BCUT2D eigenvalue weighted by Gasteiger charge is -2.37. The largest absolute Gasteiger partial charge is 0.416 e. The summed E-state index contributed by atoms with van der Waals surface area (Å²) < 4.78 is 38.1. The van der Waals surface area contributed by atoms with Gasteiger partial charge in [-0.15, -0.1) is 0 Å². The lowest BCUT2D eigenvalue weighted by atomic mass is 10.1. The van der Waals surface area contributed by atoms with Crippen molar-refractivity contribution in [2.24, 2.45) is 5.73 Å². The number of aliphatic hydroxyl groups excluding tert-OH is 1. The van der Waals surface area contributed by atoms with Crippen LogP contribution < -0.4 is 10.6 Å². The Morgan fingerprint density at radius 1 is 1.19 bits per heavy atom. The van der Waals surface area contributed by atoms with Gasteiger partial charge in [-0.2, -0.15) is 13.2 Å². The number of halogens is 3. The molecule has 21 heavy (non-hydrogen) atoms. The molecule has 1 atom stereocenters. The van der Waals surface area contributed by atoms with E-state index in [2.05, 4.69) is 4.90 Å². The van der Waals surface area contributed by atoms with Gasteiger partial charge in [-0.1, -0.05) is 6.07 Å². The molecule has 0 aliphatic carbocycles. The molecule has 1 unspecified atom stereocenters. The Hall–Kier alpha value is -1.31. The fourth-order valence-corrected chi connectivity index (χ4v) is 2.46. The van der Waals surface area contributed by atoms with Crippen LogP contribution in [0.2, 0.25) is 0 Å². The number of nitrogens with zero attached hydrogens (tertiary/aromatic N) is 2. The Balaban J connectivity index is 1.96. The van der Waals surface area contributed by atoms with Gasteiger partial charge in [-0.05, 0) is 18.2 Å². The van der Waals surface area contributed by atoms with Gasteiger partial charge in [0.05, 0.1) is 12.2 Å².